The van der Waals surface area contributed by atoms with E-state index < -0.39 is 12.0 Å². The van der Waals surface area contributed by atoms with Crippen molar-refractivity contribution in [3.63, 3.8) is 0 Å². The van der Waals surface area contributed by atoms with Crippen LogP contribution in [0, 0.1) is 0 Å². The van der Waals surface area contributed by atoms with Crippen molar-refractivity contribution in [2.24, 2.45) is 0 Å². The molecule has 5 heteroatoms. The second kappa shape index (κ2) is 6.64. The zero-order chi connectivity index (χ0) is 13.5. The number of carboxylic acid groups (broad SMARTS) is 1. The molecule has 0 radical (unpaired) electrons. The maximum Gasteiger partial charge on any atom is 0.331 e. The highest BCUT2D eigenvalue weighted by molar-refractivity contribution is 5.85. The molecule has 0 aromatic heterocycles. The highest BCUT2D eigenvalue weighted by Crippen LogP contribution is 2.25. The van der Waals surface area contributed by atoms with Crippen LogP contribution < -0.4 is 10.1 Å². The smallest absolute Gasteiger partial charge is 0.331 e. The van der Waals surface area contributed by atoms with Crippen LogP contribution in [0.2, 0.25) is 0 Å². The maximum absolute atomic E-state index is 11.5. The number of nitrogens with one attached hydrogen (secondary N) is 1. The first-order valence-electron chi connectivity index (χ1n) is 5.75. The lowest BCUT2D eigenvalue weighted by Gasteiger charge is -2.17. The summed E-state index contributed by atoms with van der Waals surface area (Å²) in [6.45, 7) is 1.86. The van der Waals surface area contributed by atoms with Crippen LogP contribution in [0.15, 0.2) is 24.3 Å². The fourth-order valence-electron chi connectivity index (χ4n) is 1.64. The van der Waals surface area contributed by atoms with E-state index in [9.17, 15) is 14.7 Å². The number of carboxylic acids is 1. The first-order valence-corrected chi connectivity index (χ1v) is 5.75. The number of ether oxygens (including phenoxy) is 1. The number of para-hydroxylation sites is 1. The number of amides is 1. The van der Waals surface area contributed by atoms with E-state index in [4.69, 9.17) is 4.74 Å². The third-order valence-corrected chi connectivity index (χ3v) is 2.48. The Balaban J connectivity index is 2.97. The highest BCUT2D eigenvalue weighted by atomic mass is 16.5. The Morgan fingerprint density at radius 3 is 2.61 bits per heavy atom. The molecule has 0 heterocycles. The van der Waals surface area contributed by atoms with Crippen molar-refractivity contribution in [1.82, 2.24) is 5.32 Å². The summed E-state index contributed by atoms with van der Waals surface area (Å²) in [6.07, 6.45) is 0.975. The van der Waals surface area contributed by atoms with E-state index in [1.54, 1.807) is 24.3 Å². The van der Waals surface area contributed by atoms with Crippen LogP contribution in [0.1, 0.15) is 31.4 Å². The average Bonchev–Trinajstić information content (AvgIpc) is 2.36. The summed E-state index contributed by atoms with van der Waals surface area (Å²) < 4.78 is 5.10. The second-order valence-electron chi connectivity index (χ2n) is 3.83. The van der Waals surface area contributed by atoms with Crippen molar-refractivity contribution in [3.05, 3.63) is 29.8 Å². The van der Waals surface area contributed by atoms with Gasteiger partial charge in [0.2, 0.25) is 5.91 Å². The molecule has 1 unspecified atom stereocenters. The molecule has 1 aromatic carbocycles. The van der Waals surface area contributed by atoms with E-state index in [0.29, 0.717) is 24.2 Å². The molecule has 1 aromatic rings. The average molecular weight is 251 g/mol. The summed E-state index contributed by atoms with van der Waals surface area (Å²) >= 11 is 0. The Labute approximate surface area is 106 Å². The van der Waals surface area contributed by atoms with Crippen LogP contribution in [0.5, 0.6) is 5.75 Å². The van der Waals surface area contributed by atoms with Crippen molar-refractivity contribution in [1.29, 1.82) is 0 Å². The lowest BCUT2D eigenvalue weighted by Crippen LogP contribution is -2.33. The van der Waals surface area contributed by atoms with Gasteiger partial charge in [0, 0.05) is 12.0 Å². The normalized spacial score (nSPS) is 11.7. The molecule has 2 N–H and O–H groups in total. The maximum atomic E-state index is 11.5. The van der Waals surface area contributed by atoms with Crippen molar-refractivity contribution in [2.75, 3.05) is 7.11 Å². The van der Waals surface area contributed by atoms with Gasteiger partial charge in [0.05, 0.1) is 7.11 Å². The summed E-state index contributed by atoms with van der Waals surface area (Å²) in [6, 6.07) is 5.66. The fraction of sp³-hybridized carbons (Fsp3) is 0.385. The van der Waals surface area contributed by atoms with Gasteiger partial charge in [0.25, 0.3) is 0 Å². The molecule has 0 saturated carbocycles. The molecule has 1 amide bonds. The van der Waals surface area contributed by atoms with Crippen LogP contribution in [0.3, 0.4) is 0 Å². The quantitative estimate of drug-likeness (QED) is 0.807. The van der Waals surface area contributed by atoms with Gasteiger partial charge >= 0.3 is 5.97 Å². The first kappa shape index (κ1) is 14.0. The lowest BCUT2D eigenvalue weighted by atomic mass is 10.1. The standard InChI is InChI=1S/C13H17NO4/c1-3-6-11(15)14-12(13(16)17)9-7-4-5-8-10(9)18-2/h4-5,7-8,12H,3,6H2,1-2H3,(H,14,15)(H,16,17). The molecule has 0 bridgehead atoms. The van der Waals surface area contributed by atoms with E-state index in [1.165, 1.54) is 7.11 Å². The third-order valence-electron chi connectivity index (χ3n) is 2.48. The first-order chi connectivity index (χ1) is 8.60. The Hall–Kier alpha value is -2.04. The minimum Gasteiger partial charge on any atom is -0.496 e. The molecule has 0 aliphatic rings. The van der Waals surface area contributed by atoms with E-state index >= 15 is 0 Å². The van der Waals surface area contributed by atoms with Gasteiger partial charge in [-0.3, -0.25) is 4.79 Å². The number of carbonyl (C=O) groups is 2. The molecular weight excluding hydrogens is 234 g/mol. The zero-order valence-electron chi connectivity index (χ0n) is 10.5. The topological polar surface area (TPSA) is 75.6 Å². The molecular formula is C13H17NO4. The molecule has 5 nitrogen and oxygen atoms in total. The summed E-state index contributed by atoms with van der Waals surface area (Å²) in [4.78, 5) is 22.8. The number of hydrogen-bond donors (Lipinski definition) is 2. The molecule has 0 aliphatic heterocycles. The molecule has 0 fully saturated rings. The second-order valence-corrected chi connectivity index (χ2v) is 3.83. The van der Waals surface area contributed by atoms with Gasteiger partial charge in [-0.05, 0) is 12.5 Å². The van der Waals surface area contributed by atoms with Crippen LogP contribution in [-0.2, 0) is 9.59 Å². The number of benzene rings is 1. The highest BCUT2D eigenvalue weighted by Gasteiger charge is 2.24. The van der Waals surface area contributed by atoms with E-state index in [-0.39, 0.29) is 5.91 Å². The SMILES string of the molecule is CCCC(=O)NC(C(=O)O)c1ccccc1OC. The molecule has 0 saturated heterocycles. The minimum absolute atomic E-state index is 0.282. The van der Waals surface area contributed by atoms with Crippen LogP contribution in [-0.4, -0.2) is 24.1 Å². The van der Waals surface area contributed by atoms with Gasteiger partial charge in [0.15, 0.2) is 6.04 Å². The monoisotopic (exact) mass is 251 g/mol. The van der Waals surface area contributed by atoms with Crippen molar-refractivity contribution >= 4 is 11.9 Å². The predicted molar refractivity (Wildman–Crippen MR) is 66.4 cm³/mol. The van der Waals surface area contributed by atoms with Crippen molar-refractivity contribution in [2.45, 2.75) is 25.8 Å². The van der Waals surface area contributed by atoms with Crippen LogP contribution in [0.4, 0.5) is 0 Å². The summed E-state index contributed by atoms with van der Waals surface area (Å²) in [5.41, 5.74) is 0.442. The van der Waals surface area contributed by atoms with Crippen LogP contribution >= 0.6 is 0 Å². The van der Waals surface area contributed by atoms with Gasteiger partial charge in [-0.15, -0.1) is 0 Å². The molecule has 1 rings (SSSR count). The number of aliphatic carboxylic acids is 1. The van der Waals surface area contributed by atoms with E-state index in [0.717, 1.165) is 0 Å². The van der Waals surface area contributed by atoms with Gasteiger partial charge in [-0.1, -0.05) is 25.1 Å². The Bertz CT molecular complexity index is 431. The number of hydrogen-bond acceptors (Lipinski definition) is 3. The van der Waals surface area contributed by atoms with Crippen LogP contribution in [0.25, 0.3) is 0 Å². The Morgan fingerprint density at radius 1 is 1.39 bits per heavy atom. The van der Waals surface area contributed by atoms with Gasteiger partial charge in [0.1, 0.15) is 5.75 Å². The number of carbonyl (C=O) groups excluding carboxylic acids is 1. The zero-order valence-corrected chi connectivity index (χ0v) is 10.5. The fourth-order valence-corrected chi connectivity index (χ4v) is 1.64. The lowest BCUT2D eigenvalue weighted by molar-refractivity contribution is -0.142. The third kappa shape index (κ3) is 3.48. The number of methoxy groups -OCH3 is 1. The van der Waals surface area contributed by atoms with Gasteiger partial charge < -0.3 is 15.2 Å². The molecule has 0 spiro atoms. The summed E-state index contributed by atoms with van der Waals surface area (Å²) in [5.74, 6) is -0.943. The molecule has 18 heavy (non-hydrogen) atoms. The Kier molecular flexibility index (Phi) is 5.17. The van der Waals surface area contributed by atoms with E-state index in [2.05, 4.69) is 5.32 Å². The summed E-state index contributed by atoms with van der Waals surface area (Å²) in [5, 5.41) is 11.7. The Morgan fingerprint density at radius 2 is 2.06 bits per heavy atom. The minimum atomic E-state index is -1.11. The van der Waals surface area contributed by atoms with Gasteiger partial charge in [-0.25, -0.2) is 4.79 Å². The largest absolute Gasteiger partial charge is 0.496 e. The molecule has 98 valence electrons. The van der Waals surface area contributed by atoms with E-state index in [1.807, 2.05) is 6.92 Å². The van der Waals surface area contributed by atoms with Crippen molar-refractivity contribution in [3.8, 4) is 5.75 Å². The summed E-state index contributed by atoms with van der Waals surface area (Å²) in [7, 11) is 1.46. The van der Waals surface area contributed by atoms with Crippen molar-refractivity contribution < 1.29 is 19.4 Å². The molecule has 0 aliphatic carbocycles. The van der Waals surface area contributed by atoms with Gasteiger partial charge in [-0.2, -0.15) is 0 Å². The number of rotatable bonds is 6. The molecule has 1 atom stereocenters. The predicted octanol–water partition coefficient (Wildman–Crippen LogP) is 1.74.